The zero-order valence-corrected chi connectivity index (χ0v) is 34.3. The third-order valence-electron chi connectivity index (χ3n) is 8.37. The summed E-state index contributed by atoms with van der Waals surface area (Å²) >= 11 is 0. The van der Waals surface area contributed by atoms with Crippen LogP contribution in [0.4, 0.5) is 0 Å². The molecule has 0 aromatic heterocycles. The van der Waals surface area contributed by atoms with E-state index in [1.807, 2.05) is 24.3 Å². The molecule has 0 atom stereocenters. The van der Waals surface area contributed by atoms with Gasteiger partial charge in [-0.15, -0.1) is 0 Å². The van der Waals surface area contributed by atoms with Gasteiger partial charge in [0.05, 0.1) is 40.6 Å². The van der Waals surface area contributed by atoms with E-state index in [0.29, 0.717) is 49.4 Å². The summed E-state index contributed by atoms with van der Waals surface area (Å²) in [7, 11) is 4.97. The Morgan fingerprint density at radius 3 is 1.29 bits per heavy atom. The molecule has 51 heavy (non-hydrogen) atoms. The van der Waals surface area contributed by atoms with Gasteiger partial charge < -0.3 is 43.0 Å². The van der Waals surface area contributed by atoms with Crippen molar-refractivity contribution in [1.82, 2.24) is 0 Å². The topological polar surface area (TPSA) is 94.1 Å². The Kier molecular flexibility index (Phi) is 15.0. The molecule has 10 heteroatoms. The maximum Gasteiger partial charge on any atom is 0.189 e. The second-order valence-electron chi connectivity index (χ2n) is 15.6. The molecule has 3 aromatic rings. The highest BCUT2D eigenvalue weighted by atomic mass is 31.1. The monoisotopic (exact) mass is 728 g/mol. The molecule has 0 aliphatic heterocycles. The fourth-order valence-electron chi connectivity index (χ4n) is 5.66. The molecule has 0 unspecified atom stereocenters. The van der Waals surface area contributed by atoms with Crippen molar-refractivity contribution in [1.29, 1.82) is 0 Å². The van der Waals surface area contributed by atoms with Crippen LogP contribution in [0.25, 0.3) is 0 Å². The maximum atomic E-state index is 12.4. The van der Waals surface area contributed by atoms with Crippen LogP contribution in [0.3, 0.4) is 0 Å². The first kappa shape index (κ1) is 42.3. The van der Waals surface area contributed by atoms with Crippen molar-refractivity contribution < 1.29 is 43.0 Å². The van der Waals surface area contributed by atoms with Gasteiger partial charge in [0.1, 0.15) is 28.7 Å². The van der Waals surface area contributed by atoms with Crippen LogP contribution in [0.5, 0.6) is 28.7 Å². The average Bonchev–Trinajstić information content (AvgIpc) is 3.04. The second kappa shape index (κ2) is 18.1. The van der Waals surface area contributed by atoms with Crippen LogP contribution < -0.4 is 34.9 Å². The molecule has 3 rings (SSSR count). The Bertz CT molecular complexity index is 1500. The lowest BCUT2D eigenvalue weighted by Crippen LogP contribution is -2.30. The van der Waals surface area contributed by atoms with Gasteiger partial charge in [-0.1, -0.05) is 68.4 Å². The first-order valence-corrected chi connectivity index (χ1v) is 18.7. The van der Waals surface area contributed by atoms with Gasteiger partial charge in [-0.25, -0.2) is 0 Å². The SMILES string of the molecule is COCCOCOc1c(P(c2cc(C)cc(C(C)(C)C)c2O)c2cc(OC)cc(C(C)(C)C)c2OCOCCOC)cc(OC)cc1C(C)(C)C. The summed E-state index contributed by atoms with van der Waals surface area (Å²) in [5.41, 5.74) is 2.70. The highest BCUT2D eigenvalue weighted by Crippen LogP contribution is 2.50. The Hall–Kier alpha value is -3.07. The molecule has 1 N–H and O–H groups in total. The summed E-state index contributed by atoms with van der Waals surface area (Å²) in [5, 5.41) is 14.8. The number of hydrogen-bond donors (Lipinski definition) is 1. The fourth-order valence-corrected chi connectivity index (χ4v) is 8.39. The van der Waals surface area contributed by atoms with Gasteiger partial charge in [-0.3, -0.25) is 0 Å². The van der Waals surface area contributed by atoms with Crippen molar-refractivity contribution in [2.24, 2.45) is 0 Å². The van der Waals surface area contributed by atoms with Crippen LogP contribution in [-0.4, -0.2) is 73.6 Å². The number of hydrogen-bond acceptors (Lipinski definition) is 9. The van der Waals surface area contributed by atoms with Crippen LogP contribution >= 0.6 is 7.92 Å². The minimum atomic E-state index is -1.63. The Morgan fingerprint density at radius 1 is 0.529 bits per heavy atom. The summed E-state index contributed by atoms with van der Waals surface area (Å²) < 4.78 is 47.4. The number of phenols is 1. The van der Waals surface area contributed by atoms with Gasteiger partial charge in [0.15, 0.2) is 13.6 Å². The molecule has 0 spiro atoms. The van der Waals surface area contributed by atoms with Crippen LogP contribution in [0, 0.1) is 6.92 Å². The molecule has 9 nitrogen and oxygen atoms in total. The molecule has 3 aromatic carbocycles. The van der Waals surface area contributed by atoms with E-state index in [2.05, 4.69) is 81.4 Å². The quantitative estimate of drug-likeness (QED) is 0.0869. The second-order valence-corrected chi connectivity index (χ2v) is 17.8. The number of rotatable bonds is 17. The van der Waals surface area contributed by atoms with Crippen molar-refractivity contribution in [3.8, 4) is 28.7 Å². The molecule has 0 heterocycles. The first-order chi connectivity index (χ1) is 23.9. The Labute approximate surface area is 307 Å². The van der Waals surface area contributed by atoms with Crippen LogP contribution in [0.1, 0.15) is 84.6 Å². The van der Waals surface area contributed by atoms with Crippen LogP contribution in [0.15, 0.2) is 36.4 Å². The van der Waals surface area contributed by atoms with Crippen molar-refractivity contribution in [3.05, 3.63) is 58.7 Å². The summed E-state index contributed by atoms with van der Waals surface area (Å²) in [4.78, 5) is 0. The third-order valence-corrected chi connectivity index (χ3v) is 10.8. The zero-order chi connectivity index (χ0) is 38.1. The van der Waals surface area contributed by atoms with Crippen LogP contribution in [-0.2, 0) is 35.2 Å². The third kappa shape index (κ3) is 11.0. The summed E-state index contributed by atoms with van der Waals surface area (Å²) in [6.07, 6.45) is 0. The molecule has 0 aliphatic rings. The highest BCUT2D eigenvalue weighted by molar-refractivity contribution is 7.80. The standard InChI is InChI=1S/C41H61O9P/c1-27-19-30(39(2,3)4)36(42)33(20-27)51(34-23-28(45-13)21-31(40(5,6)7)37(34)49-25-47-17-15-43-11)35-24-29(46-14)22-32(41(8,9)10)38(35)50-26-48-18-16-44-12/h19-24,42H,15-18,25-26H2,1-14H3. The zero-order valence-electron chi connectivity index (χ0n) is 33.4. The smallest absolute Gasteiger partial charge is 0.189 e. The summed E-state index contributed by atoms with van der Waals surface area (Å²) in [6.45, 7) is 22.9. The lowest BCUT2D eigenvalue weighted by molar-refractivity contribution is -0.00873. The number of phenolic OH excluding ortho intramolecular Hbond substituents is 1. The van der Waals surface area contributed by atoms with Crippen molar-refractivity contribution in [3.63, 3.8) is 0 Å². The van der Waals surface area contributed by atoms with E-state index in [9.17, 15) is 5.11 Å². The van der Waals surface area contributed by atoms with Crippen molar-refractivity contribution in [2.75, 3.05) is 68.5 Å². The van der Waals surface area contributed by atoms with E-state index < -0.39 is 7.92 Å². The van der Waals surface area contributed by atoms with Gasteiger partial charge in [0.25, 0.3) is 0 Å². The predicted octanol–water partition coefficient (Wildman–Crippen LogP) is 7.37. The molecule has 0 fully saturated rings. The summed E-state index contributed by atoms with van der Waals surface area (Å²) in [6, 6.07) is 12.2. The number of ether oxygens (including phenoxy) is 8. The normalized spacial score (nSPS) is 12.4. The molecule has 0 aliphatic carbocycles. The average molecular weight is 729 g/mol. The van der Waals surface area contributed by atoms with E-state index in [1.165, 1.54) is 0 Å². The lowest BCUT2D eigenvalue weighted by atomic mass is 9.85. The molecule has 0 saturated heterocycles. The van der Waals surface area contributed by atoms with Crippen molar-refractivity contribution >= 4 is 23.8 Å². The molecule has 284 valence electrons. The van der Waals surface area contributed by atoms with Gasteiger partial charge in [-0.2, -0.15) is 0 Å². The van der Waals surface area contributed by atoms with Gasteiger partial charge in [0, 0.05) is 46.8 Å². The molecular formula is C41H61O9P. The largest absolute Gasteiger partial charge is 0.507 e. The van der Waals surface area contributed by atoms with E-state index in [0.717, 1.165) is 38.2 Å². The number of aryl methyl sites for hydroxylation is 1. The number of methoxy groups -OCH3 is 4. The molecule has 0 bridgehead atoms. The van der Waals surface area contributed by atoms with Crippen molar-refractivity contribution in [2.45, 2.75) is 85.5 Å². The van der Waals surface area contributed by atoms with E-state index >= 15 is 0 Å². The number of benzene rings is 3. The van der Waals surface area contributed by atoms with Gasteiger partial charge >= 0.3 is 0 Å². The van der Waals surface area contributed by atoms with E-state index in [1.54, 1.807) is 28.4 Å². The van der Waals surface area contributed by atoms with E-state index in [4.69, 9.17) is 37.9 Å². The van der Waals surface area contributed by atoms with Gasteiger partial charge in [-0.05, 0) is 67.0 Å². The highest BCUT2D eigenvalue weighted by Gasteiger charge is 2.36. The molecule has 0 radical (unpaired) electrons. The lowest BCUT2D eigenvalue weighted by Gasteiger charge is -2.33. The summed E-state index contributed by atoms with van der Waals surface area (Å²) in [5.74, 6) is 2.88. The number of aromatic hydroxyl groups is 1. The fraction of sp³-hybridized carbons (Fsp3) is 0.561. The van der Waals surface area contributed by atoms with E-state index in [-0.39, 0.29) is 35.6 Å². The predicted molar refractivity (Wildman–Crippen MR) is 207 cm³/mol. The van der Waals surface area contributed by atoms with Gasteiger partial charge in [0.2, 0.25) is 0 Å². The Morgan fingerprint density at radius 2 is 0.941 bits per heavy atom. The first-order valence-electron chi connectivity index (χ1n) is 17.4. The minimum Gasteiger partial charge on any atom is -0.507 e. The Balaban J connectivity index is 2.59. The molecular weight excluding hydrogens is 667 g/mol. The maximum absolute atomic E-state index is 12.4. The molecule has 0 amide bonds. The molecule has 0 saturated carbocycles. The minimum absolute atomic E-state index is 0.00400. The van der Waals surface area contributed by atoms with Crippen LogP contribution in [0.2, 0.25) is 0 Å².